The molecule has 0 radical (unpaired) electrons. The number of pyridine rings is 1. The summed E-state index contributed by atoms with van der Waals surface area (Å²) in [5, 5.41) is 4.39. The lowest BCUT2D eigenvalue weighted by atomic mass is 10.1. The maximum Gasteiger partial charge on any atom is 0.252 e. The van der Waals surface area contributed by atoms with Gasteiger partial charge in [-0.3, -0.25) is 4.79 Å². The van der Waals surface area contributed by atoms with Gasteiger partial charge in [0.25, 0.3) is 5.56 Å². The van der Waals surface area contributed by atoms with Gasteiger partial charge in [0.1, 0.15) is 0 Å². The molecule has 1 aromatic heterocycles. The van der Waals surface area contributed by atoms with Crippen molar-refractivity contribution in [2.24, 2.45) is 0 Å². The average Bonchev–Trinajstić information content (AvgIpc) is 2.93. The zero-order valence-electron chi connectivity index (χ0n) is 11.7. The van der Waals surface area contributed by atoms with Crippen LogP contribution in [0.4, 0.5) is 0 Å². The lowest BCUT2D eigenvalue weighted by molar-refractivity contribution is 0.110. The predicted molar refractivity (Wildman–Crippen MR) is 80.0 cm³/mol. The third kappa shape index (κ3) is 2.92. The number of nitrogens with one attached hydrogen (secondary N) is 2. The van der Waals surface area contributed by atoms with Gasteiger partial charge in [0.2, 0.25) is 0 Å². The van der Waals surface area contributed by atoms with Crippen LogP contribution in [0.1, 0.15) is 24.0 Å². The Bertz CT molecular complexity index is 657. The van der Waals surface area contributed by atoms with E-state index in [2.05, 4.69) is 16.4 Å². The molecule has 1 aliphatic heterocycles. The van der Waals surface area contributed by atoms with E-state index >= 15 is 0 Å². The van der Waals surface area contributed by atoms with Gasteiger partial charge in [-0.25, -0.2) is 0 Å². The van der Waals surface area contributed by atoms with Gasteiger partial charge in [0.05, 0.1) is 6.10 Å². The summed E-state index contributed by atoms with van der Waals surface area (Å²) in [5.74, 6) is 0. The lowest BCUT2D eigenvalue weighted by Gasteiger charge is -2.10. The van der Waals surface area contributed by atoms with Crippen molar-refractivity contribution < 1.29 is 4.74 Å². The summed E-state index contributed by atoms with van der Waals surface area (Å²) >= 11 is 0. The summed E-state index contributed by atoms with van der Waals surface area (Å²) in [6, 6.07) is 8.07. The molecule has 1 atom stereocenters. The van der Waals surface area contributed by atoms with E-state index in [1.807, 2.05) is 25.1 Å². The zero-order valence-corrected chi connectivity index (χ0v) is 11.7. The van der Waals surface area contributed by atoms with E-state index in [4.69, 9.17) is 4.74 Å². The van der Waals surface area contributed by atoms with Crippen molar-refractivity contribution in [1.29, 1.82) is 0 Å². The molecule has 3 rings (SSSR count). The highest BCUT2D eigenvalue weighted by Gasteiger charge is 2.14. The van der Waals surface area contributed by atoms with Crippen molar-refractivity contribution in [1.82, 2.24) is 10.3 Å². The molecule has 2 heterocycles. The quantitative estimate of drug-likeness (QED) is 0.896. The summed E-state index contributed by atoms with van der Waals surface area (Å²) < 4.78 is 5.56. The number of H-pyrrole nitrogens is 1. The van der Waals surface area contributed by atoms with Crippen LogP contribution in [-0.2, 0) is 11.3 Å². The van der Waals surface area contributed by atoms with E-state index in [1.165, 1.54) is 0 Å². The SMILES string of the molecule is Cc1ccc2cc(CNC[C@@H]3CCCO3)c(=O)[nH]c2c1. The van der Waals surface area contributed by atoms with Gasteiger partial charge in [-0.2, -0.15) is 0 Å². The molecule has 4 heteroatoms. The van der Waals surface area contributed by atoms with E-state index in [-0.39, 0.29) is 5.56 Å². The smallest absolute Gasteiger partial charge is 0.252 e. The van der Waals surface area contributed by atoms with E-state index in [0.29, 0.717) is 12.6 Å². The molecule has 0 aliphatic carbocycles. The number of benzene rings is 1. The zero-order chi connectivity index (χ0) is 13.9. The van der Waals surface area contributed by atoms with Crippen LogP contribution in [0.2, 0.25) is 0 Å². The molecular weight excluding hydrogens is 252 g/mol. The fourth-order valence-electron chi connectivity index (χ4n) is 2.66. The molecule has 4 nitrogen and oxygen atoms in total. The van der Waals surface area contributed by atoms with Crippen LogP contribution < -0.4 is 10.9 Å². The van der Waals surface area contributed by atoms with Crippen LogP contribution in [0, 0.1) is 6.92 Å². The molecule has 0 amide bonds. The summed E-state index contributed by atoms with van der Waals surface area (Å²) in [6.07, 6.45) is 2.56. The van der Waals surface area contributed by atoms with Gasteiger partial charge in [-0.1, -0.05) is 12.1 Å². The van der Waals surface area contributed by atoms with Crippen LogP contribution in [0.3, 0.4) is 0 Å². The summed E-state index contributed by atoms with van der Waals surface area (Å²) in [5.41, 5.74) is 2.82. The van der Waals surface area contributed by atoms with Gasteiger partial charge in [0, 0.05) is 30.8 Å². The molecule has 0 unspecified atom stereocenters. The first-order chi connectivity index (χ1) is 9.72. The summed E-state index contributed by atoms with van der Waals surface area (Å²) in [7, 11) is 0. The van der Waals surface area contributed by atoms with Gasteiger partial charge < -0.3 is 15.0 Å². The maximum absolute atomic E-state index is 12.0. The van der Waals surface area contributed by atoms with Gasteiger partial charge in [-0.15, -0.1) is 0 Å². The minimum Gasteiger partial charge on any atom is -0.377 e. The third-order valence-corrected chi connectivity index (χ3v) is 3.79. The molecule has 1 saturated heterocycles. The molecule has 20 heavy (non-hydrogen) atoms. The monoisotopic (exact) mass is 272 g/mol. The second-order valence-corrected chi connectivity index (χ2v) is 5.48. The van der Waals surface area contributed by atoms with Gasteiger partial charge in [-0.05, 0) is 42.8 Å². The van der Waals surface area contributed by atoms with Crippen LogP contribution in [0.15, 0.2) is 29.1 Å². The number of rotatable bonds is 4. The maximum atomic E-state index is 12.0. The molecule has 0 spiro atoms. The minimum atomic E-state index is -0.0112. The van der Waals surface area contributed by atoms with Crippen LogP contribution in [0.25, 0.3) is 10.9 Å². The highest BCUT2D eigenvalue weighted by atomic mass is 16.5. The fraction of sp³-hybridized carbons (Fsp3) is 0.438. The molecule has 1 aliphatic rings. The van der Waals surface area contributed by atoms with Crippen LogP contribution in [0.5, 0.6) is 0 Å². The predicted octanol–water partition coefficient (Wildman–Crippen LogP) is 2.11. The van der Waals surface area contributed by atoms with E-state index < -0.39 is 0 Å². The number of fused-ring (bicyclic) bond motifs is 1. The second kappa shape index (κ2) is 5.77. The van der Waals surface area contributed by atoms with Crippen LogP contribution >= 0.6 is 0 Å². The Morgan fingerprint density at radius 1 is 1.40 bits per heavy atom. The first-order valence-corrected chi connectivity index (χ1v) is 7.17. The summed E-state index contributed by atoms with van der Waals surface area (Å²) in [6.45, 7) is 4.28. The lowest BCUT2D eigenvalue weighted by Crippen LogP contribution is -2.28. The number of ether oxygens (including phenoxy) is 1. The standard InChI is InChI=1S/C16H20N2O2/c1-11-4-5-12-8-13(16(19)18-15(12)7-11)9-17-10-14-3-2-6-20-14/h4-5,7-8,14,17H,2-3,6,9-10H2,1H3,(H,18,19)/t14-/m0/s1. The fourth-order valence-corrected chi connectivity index (χ4v) is 2.66. The molecule has 1 aromatic carbocycles. The Morgan fingerprint density at radius 3 is 3.10 bits per heavy atom. The van der Waals surface area contributed by atoms with Crippen molar-refractivity contribution in [3.8, 4) is 0 Å². The first kappa shape index (κ1) is 13.3. The van der Waals surface area contributed by atoms with Crippen molar-refractivity contribution >= 4 is 10.9 Å². The molecule has 0 saturated carbocycles. The van der Waals surface area contributed by atoms with Crippen molar-refractivity contribution in [2.75, 3.05) is 13.2 Å². The van der Waals surface area contributed by atoms with Crippen LogP contribution in [-0.4, -0.2) is 24.2 Å². The van der Waals surface area contributed by atoms with Gasteiger partial charge >= 0.3 is 0 Å². The molecule has 0 bridgehead atoms. The van der Waals surface area contributed by atoms with Gasteiger partial charge in [0.15, 0.2) is 0 Å². The topological polar surface area (TPSA) is 54.1 Å². The third-order valence-electron chi connectivity index (χ3n) is 3.79. The Balaban J connectivity index is 1.72. The number of hydrogen-bond donors (Lipinski definition) is 2. The second-order valence-electron chi connectivity index (χ2n) is 5.48. The Labute approximate surface area is 118 Å². The Kier molecular flexibility index (Phi) is 3.85. The van der Waals surface area contributed by atoms with Crippen molar-refractivity contribution in [3.05, 3.63) is 45.7 Å². The van der Waals surface area contributed by atoms with E-state index in [1.54, 1.807) is 0 Å². The number of aryl methyl sites for hydroxylation is 1. The van der Waals surface area contributed by atoms with Crippen molar-refractivity contribution in [2.45, 2.75) is 32.4 Å². The molecule has 106 valence electrons. The first-order valence-electron chi connectivity index (χ1n) is 7.17. The van der Waals surface area contributed by atoms with Crippen molar-refractivity contribution in [3.63, 3.8) is 0 Å². The highest BCUT2D eigenvalue weighted by molar-refractivity contribution is 5.79. The highest BCUT2D eigenvalue weighted by Crippen LogP contribution is 2.13. The normalized spacial score (nSPS) is 18.8. The number of hydrogen-bond acceptors (Lipinski definition) is 3. The molecule has 2 N–H and O–H groups in total. The molecule has 1 fully saturated rings. The molecule has 2 aromatic rings. The van der Waals surface area contributed by atoms with E-state index in [0.717, 1.165) is 48.0 Å². The largest absolute Gasteiger partial charge is 0.377 e. The summed E-state index contributed by atoms with van der Waals surface area (Å²) in [4.78, 5) is 15.0. The minimum absolute atomic E-state index is 0.0112. The van der Waals surface area contributed by atoms with E-state index in [9.17, 15) is 4.79 Å². The molecular formula is C16H20N2O2. The Morgan fingerprint density at radius 2 is 2.30 bits per heavy atom. The number of aromatic nitrogens is 1. The number of aromatic amines is 1. The Hall–Kier alpha value is -1.65. The average molecular weight is 272 g/mol.